The number of carbonyl (C=O) groups excluding carboxylic acids is 1. The van der Waals surface area contributed by atoms with Crippen molar-refractivity contribution >= 4 is 17.5 Å². The van der Waals surface area contributed by atoms with Gasteiger partial charge >= 0.3 is 0 Å². The monoisotopic (exact) mass is 752 g/mol. The molecule has 5 rings (SSSR count). The molecule has 0 spiro atoms. The van der Waals surface area contributed by atoms with Crippen molar-refractivity contribution in [2.75, 3.05) is 26.3 Å². The highest BCUT2D eigenvalue weighted by Gasteiger charge is 2.45. The SMILES string of the molecule is CC(CCCC(=O)N(CCCCCO)C[C@H](O)[C@@H](O)[C@H](O)[C@H](O)CO)c1ccc(Cl)c(CCC2(c3cnccc3-c3ccccc3OC3CC3)CC2)c1. The van der Waals surface area contributed by atoms with Crippen LogP contribution in [-0.4, -0.2) is 103 Å². The van der Waals surface area contributed by atoms with Crippen LogP contribution in [0.5, 0.6) is 5.75 Å². The first kappa shape index (κ1) is 41.1. The van der Waals surface area contributed by atoms with Crippen LogP contribution < -0.4 is 4.74 Å². The van der Waals surface area contributed by atoms with Crippen LogP contribution in [0.1, 0.15) is 100 Å². The van der Waals surface area contributed by atoms with Crippen LogP contribution in [0, 0.1) is 0 Å². The van der Waals surface area contributed by atoms with E-state index in [9.17, 15) is 25.2 Å². The van der Waals surface area contributed by atoms with E-state index in [2.05, 4.69) is 48.3 Å². The first-order chi connectivity index (χ1) is 25.6. The van der Waals surface area contributed by atoms with E-state index in [1.165, 1.54) is 16.0 Å². The van der Waals surface area contributed by atoms with Gasteiger partial charge in [0.15, 0.2) is 0 Å². The summed E-state index contributed by atoms with van der Waals surface area (Å²) in [5, 5.41) is 59.6. The predicted molar refractivity (Wildman–Crippen MR) is 205 cm³/mol. The maximum Gasteiger partial charge on any atom is 0.222 e. The van der Waals surface area contributed by atoms with Crippen LogP contribution in [-0.2, 0) is 16.6 Å². The Bertz CT molecular complexity index is 1620. The van der Waals surface area contributed by atoms with E-state index in [4.69, 9.17) is 26.6 Å². The highest BCUT2D eigenvalue weighted by Crippen LogP contribution is 2.55. The summed E-state index contributed by atoms with van der Waals surface area (Å²) in [6.45, 7) is 1.50. The molecule has 10 nitrogen and oxygen atoms in total. The number of aliphatic hydroxyl groups is 6. The minimum atomic E-state index is -1.76. The van der Waals surface area contributed by atoms with Gasteiger partial charge in [-0.3, -0.25) is 9.78 Å². The number of hydrogen-bond donors (Lipinski definition) is 6. The predicted octanol–water partition coefficient (Wildman–Crippen LogP) is 5.31. The molecule has 290 valence electrons. The number of carbonyl (C=O) groups is 1. The molecule has 0 saturated heterocycles. The number of benzene rings is 2. The van der Waals surface area contributed by atoms with Gasteiger partial charge in [-0.25, -0.2) is 0 Å². The van der Waals surface area contributed by atoms with Crippen LogP contribution in [0.25, 0.3) is 11.1 Å². The first-order valence-electron chi connectivity index (χ1n) is 19.3. The van der Waals surface area contributed by atoms with Gasteiger partial charge in [-0.1, -0.05) is 48.9 Å². The summed E-state index contributed by atoms with van der Waals surface area (Å²) in [6.07, 6.45) is 7.22. The minimum absolute atomic E-state index is 0.0336. The van der Waals surface area contributed by atoms with Crippen molar-refractivity contribution in [3.8, 4) is 16.9 Å². The molecule has 0 aliphatic heterocycles. The van der Waals surface area contributed by atoms with Crippen molar-refractivity contribution in [2.24, 2.45) is 0 Å². The molecule has 2 aromatic carbocycles. The molecule has 2 aliphatic rings. The number of unbranched alkanes of at least 4 members (excludes halogenated alkanes) is 2. The second kappa shape index (κ2) is 19.5. The first-order valence-corrected chi connectivity index (χ1v) is 19.6. The molecule has 5 atom stereocenters. The van der Waals surface area contributed by atoms with Gasteiger partial charge in [0.25, 0.3) is 0 Å². The summed E-state index contributed by atoms with van der Waals surface area (Å²) in [5.74, 6) is 0.913. The Morgan fingerprint density at radius 1 is 0.962 bits per heavy atom. The van der Waals surface area contributed by atoms with E-state index < -0.39 is 31.0 Å². The normalized spacial score (nSPS) is 17.8. The summed E-state index contributed by atoms with van der Waals surface area (Å²) in [6, 6.07) is 16.6. The molecule has 2 fully saturated rings. The molecule has 2 saturated carbocycles. The number of aryl methyl sites for hydroxylation is 1. The molecule has 53 heavy (non-hydrogen) atoms. The van der Waals surface area contributed by atoms with E-state index >= 15 is 0 Å². The quantitative estimate of drug-likeness (QED) is 0.0705. The summed E-state index contributed by atoms with van der Waals surface area (Å²) >= 11 is 6.78. The van der Waals surface area contributed by atoms with Crippen molar-refractivity contribution in [1.29, 1.82) is 0 Å². The zero-order valence-corrected chi connectivity index (χ0v) is 31.6. The van der Waals surface area contributed by atoms with E-state index in [-0.39, 0.29) is 36.8 Å². The number of aromatic nitrogens is 1. The van der Waals surface area contributed by atoms with Crippen LogP contribution in [0.4, 0.5) is 0 Å². The average Bonchev–Trinajstić information content (AvgIpc) is 4.12. The van der Waals surface area contributed by atoms with Gasteiger partial charge in [-0.2, -0.15) is 0 Å². The minimum Gasteiger partial charge on any atom is -0.490 e. The van der Waals surface area contributed by atoms with Gasteiger partial charge in [0, 0.05) is 49.1 Å². The third-order valence-corrected chi connectivity index (χ3v) is 11.3. The van der Waals surface area contributed by atoms with Crippen LogP contribution >= 0.6 is 11.6 Å². The summed E-state index contributed by atoms with van der Waals surface area (Å²) in [7, 11) is 0. The zero-order chi connectivity index (χ0) is 38.0. The highest BCUT2D eigenvalue weighted by molar-refractivity contribution is 6.31. The van der Waals surface area contributed by atoms with Crippen molar-refractivity contribution in [3.05, 3.63) is 82.6 Å². The standard InChI is InChI=1S/C42H57ClN2O8/c1-28(8-7-11-39(50)45(22-5-2-6-23-46)26-36(48)40(51)41(52)37(49)27-47)29-12-15-35(43)30(24-29)16-18-42(19-20-42)34-25-44-21-17-32(34)33-9-3-4-10-38(33)53-31-13-14-31/h3-4,9-10,12,15,17,21,24-25,28,31,36-37,40-41,46-49,51-52H,2,5-8,11,13-14,16,18-20,22-23,26-27H2,1H3/t28?,36-,37+,40+,41+/m0/s1. The molecule has 1 heterocycles. The van der Waals surface area contributed by atoms with E-state index in [1.54, 1.807) is 0 Å². The molecule has 0 radical (unpaired) electrons. The van der Waals surface area contributed by atoms with Crippen molar-refractivity contribution < 1.29 is 40.2 Å². The molecule has 1 amide bonds. The molecular weight excluding hydrogens is 696 g/mol. The van der Waals surface area contributed by atoms with Crippen LogP contribution in [0.2, 0.25) is 5.02 Å². The van der Waals surface area contributed by atoms with Crippen LogP contribution in [0.3, 0.4) is 0 Å². The summed E-state index contributed by atoms with van der Waals surface area (Å²) in [4.78, 5) is 19.3. The smallest absolute Gasteiger partial charge is 0.222 e. The van der Waals surface area contributed by atoms with Crippen molar-refractivity contribution in [1.82, 2.24) is 9.88 Å². The number of amides is 1. The second-order valence-corrected chi connectivity index (χ2v) is 15.5. The Labute approximate surface area is 318 Å². The number of halogens is 1. The summed E-state index contributed by atoms with van der Waals surface area (Å²) < 4.78 is 6.29. The lowest BCUT2D eigenvalue weighted by atomic mass is 9.84. The van der Waals surface area contributed by atoms with Gasteiger partial charge in [0.2, 0.25) is 5.91 Å². The molecule has 1 aromatic heterocycles. The third-order valence-electron chi connectivity index (χ3n) is 11.0. The number of aliphatic hydroxyl groups excluding tert-OH is 6. The Kier molecular flexibility index (Phi) is 15.1. The average molecular weight is 753 g/mol. The second-order valence-electron chi connectivity index (χ2n) is 15.1. The largest absolute Gasteiger partial charge is 0.490 e. The lowest BCUT2D eigenvalue weighted by Gasteiger charge is -2.30. The van der Waals surface area contributed by atoms with E-state index in [0.29, 0.717) is 38.3 Å². The molecule has 2 aliphatic carbocycles. The molecule has 6 N–H and O–H groups in total. The van der Waals surface area contributed by atoms with Gasteiger partial charge in [-0.05, 0) is 122 Å². The van der Waals surface area contributed by atoms with E-state index in [0.717, 1.165) is 72.4 Å². The Hall–Kier alpha value is -3.09. The number of ether oxygens (including phenoxy) is 1. The fraction of sp³-hybridized carbons (Fsp3) is 0.571. The van der Waals surface area contributed by atoms with Gasteiger partial charge in [0.05, 0.1) is 12.7 Å². The van der Waals surface area contributed by atoms with Gasteiger partial charge < -0.3 is 40.3 Å². The van der Waals surface area contributed by atoms with Crippen molar-refractivity contribution in [2.45, 2.75) is 126 Å². The molecular formula is C42H57ClN2O8. The summed E-state index contributed by atoms with van der Waals surface area (Å²) in [5.41, 5.74) is 5.86. The molecule has 3 aromatic rings. The van der Waals surface area contributed by atoms with Gasteiger partial charge in [-0.15, -0.1) is 0 Å². The number of pyridine rings is 1. The fourth-order valence-corrected chi connectivity index (χ4v) is 7.38. The van der Waals surface area contributed by atoms with Crippen molar-refractivity contribution in [3.63, 3.8) is 0 Å². The van der Waals surface area contributed by atoms with Crippen LogP contribution in [0.15, 0.2) is 60.9 Å². The van der Waals surface area contributed by atoms with Gasteiger partial charge in [0.1, 0.15) is 30.2 Å². The fourth-order valence-electron chi connectivity index (χ4n) is 7.17. The number of rotatable bonds is 23. The highest BCUT2D eigenvalue weighted by atomic mass is 35.5. The topological polar surface area (TPSA) is 164 Å². The van der Waals surface area contributed by atoms with E-state index in [1.807, 2.05) is 24.5 Å². The maximum atomic E-state index is 13.3. The Balaban J connectivity index is 1.18. The zero-order valence-electron chi connectivity index (χ0n) is 30.8. The lowest BCUT2D eigenvalue weighted by molar-refractivity contribution is -0.140. The number of nitrogens with zero attached hydrogens (tertiary/aromatic N) is 2. The number of para-hydroxylation sites is 1. The lowest BCUT2D eigenvalue weighted by Crippen LogP contribution is -2.50. The molecule has 0 bridgehead atoms. The maximum absolute atomic E-state index is 13.3. The molecule has 1 unspecified atom stereocenters. The molecule has 11 heteroatoms. The third kappa shape index (κ3) is 11.2. The number of hydrogen-bond acceptors (Lipinski definition) is 9. The Morgan fingerprint density at radius 2 is 1.72 bits per heavy atom. The Morgan fingerprint density at radius 3 is 2.43 bits per heavy atom.